The molecular formula is C15H20N4. The fourth-order valence-electron chi connectivity index (χ4n) is 3.20. The molecule has 1 aliphatic rings. The largest absolute Gasteiger partial charge is 0.313 e. The van der Waals surface area contributed by atoms with Crippen molar-refractivity contribution in [2.75, 3.05) is 7.05 Å². The normalized spacial score (nSPS) is 21.6. The first-order chi connectivity index (χ1) is 9.33. The van der Waals surface area contributed by atoms with E-state index >= 15 is 0 Å². The van der Waals surface area contributed by atoms with Gasteiger partial charge in [0.15, 0.2) is 0 Å². The predicted octanol–water partition coefficient (Wildman–Crippen LogP) is 1.97. The van der Waals surface area contributed by atoms with Crippen LogP contribution in [-0.4, -0.2) is 21.8 Å². The summed E-state index contributed by atoms with van der Waals surface area (Å²) in [6.07, 6.45) is 3.77. The van der Waals surface area contributed by atoms with Crippen LogP contribution in [0.1, 0.15) is 29.9 Å². The summed E-state index contributed by atoms with van der Waals surface area (Å²) in [6, 6.07) is 9.16. The van der Waals surface area contributed by atoms with Gasteiger partial charge in [0.25, 0.3) is 0 Å². The van der Waals surface area contributed by atoms with E-state index < -0.39 is 0 Å². The predicted molar refractivity (Wildman–Crippen MR) is 74.8 cm³/mol. The van der Waals surface area contributed by atoms with E-state index in [1.807, 2.05) is 11.7 Å². The van der Waals surface area contributed by atoms with Crippen LogP contribution >= 0.6 is 0 Å². The fourth-order valence-corrected chi connectivity index (χ4v) is 3.20. The van der Waals surface area contributed by atoms with E-state index in [0.29, 0.717) is 12.0 Å². The summed E-state index contributed by atoms with van der Waals surface area (Å²) in [5.41, 5.74) is 2.91. The van der Waals surface area contributed by atoms with Gasteiger partial charge < -0.3 is 5.32 Å². The monoisotopic (exact) mass is 256 g/mol. The van der Waals surface area contributed by atoms with E-state index in [2.05, 4.69) is 46.6 Å². The third kappa shape index (κ3) is 2.16. The molecule has 0 fully saturated rings. The standard InChI is InChI=1S/C15H20N4/c1-3-19-14(17-10-18-19)9-12-8-11-6-4-5-7-13(11)15(12)16-2/h4-7,10,12,15-16H,3,8-9H2,1-2H3. The molecule has 0 bridgehead atoms. The molecule has 100 valence electrons. The molecule has 0 spiro atoms. The van der Waals surface area contributed by atoms with Gasteiger partial charge in [-0.15, -0.1) is 0 Å². The molecule has 0 saturated carbocycles. The Hall–Kier alpha value is -1.68. The molecule has 1 aromatic carbocycles. The van der Waals surface area contributed by atoms with E-state index in [4.69, 9.17) is 0 Å². The third-order valence-corrected chi connectivity index (χ3v) is 4.09. The SMILES string of the molecule is CCn1ncnc1CC1Cc2ccccc2C1NC. The van der Waals surface area contributed by atoms with Gasteiger partial charge in [0.1, 0.15) is 12.2 Å². The lowest BCUT2D eigenvalue weighted by Gasteiger charge is -2.19. The Labute approximate surface area is 113 Å². The van der Waals surface area contributed by atoms with Crippen LogP contribution in [0.2, 0.25) is 0 Å². The molecule has 0 aliphatic heterocycles. The number of fused-ring (bicyclic) bond motifs is 1. The van der Waals surface area contributed by atoms with Gasteiger partial charge in [-0.2, -0.15) is 5.10 Å². The second kappa shape index (κ2) is 5.13. The summed E-state index contributed by atoms with van der Waals surface area (Å²) in [4.78, 5) is 4.41. The van der Waals surface area contributed by atoms with Crippen molar-refractivity contribution in [3.8, 4) is 0 Å². The average molecular weight is 256 g/mol. The smallest absolute Gasteiger partial charge is 0.138 e. The van der Waals surface area contributed by atoms with Crippen molar-refractivity contribution in [1.29, 1.82) is 0 Å². The summed E-state index contributed by atoms with van der Waals surface area (Å²) < 4.78 is 2.00. The molecule has 1 aromatic heterocycles. The highest BCUT2D eigenvalue weighted by atomic mass is 15.3. The van der Waals surface area contributed by atoms with E-state index in [1.54, 1.807) is 6.33 Å². The van der Waals surface area contributed by atoms with Crippen LogP contribution in [0.15, 0.2) is 30.6 Å². The van der Waals surface area contributed by atoms with E-state index in [-0.39, 0.29) is 0 Å². The van der Waals surface area contributed by atoms with E-state index in [9.17, 15) is 0 Å². The van der Waals surface area contributed by atoms with Crippen LogP contribution in [0.25, 0.3) is 0 Å². The summed E-state index contributed by atoms with van der Waals surface area (Å²) in [5, 5.41) is 7.72. The van der Waals surface area contributed by atoms with Gasteiger partial charge in [0.2, 0.25) is 0 Å². The van der Waals surface area contributed by atoms with Gasteiger partial charge in [-0.25, -0.2) is 4.98 Å². The van der Waals surface area contributed by atoms with Crippen LogP contribution in [0, 0.1) is 5.92 Å². The third-order valence-electron chi connectivity index (χ3n) is 4.09. The molecule has 4 heteroatoms. The minimum atomic E-state index is 0.429. The highest BCUT2D eigenvalue weighted by Gasteiger charge is 2.31. The van der Waals surface area contributed by atoms with Crippen molar-refractivity contribution in [2.45, 2.75) is 32.4 Å². The lowest BCUT2D eigenvalue weighted by atomic mass is 9.97. The molecule has 1 aliphatic carbocycles. The number of aromatic nitrogens is 3. The summed E-state index contributed by atoms with van der Waals surface area (Å²) in [5.74, 6) is 1.66. The highest BCUT2D eigenvalue weighted by molar-refractivity contribution is 5.36. The number of hydrogen-bond acceptors (Lipinski definition) is 3. The van der Waals surface area contributed by atoms with Gasteiger partial charge in [0.05, 0.1) is 0 Å². The zero-order valence-electron chi connectivity index (χ0n) is 11.5. The van der Waals surface area contributed by atoms with Crippen LogP contribution in [0.3, 0.4) is 0 Å². The Kier molecular flexibility index (Phi) is 3.34. The topological polar surface area (TPSA) is 42.7 Å². The van der Waals surface area contributed by atoms with Crippen LogP contribution < -0.4 is 5.32 Å². The molecule has 0 radical (unpaired) electrons. The van der Waals surface area contributed by atoms with Gasteiger partial charge in [-0.05, 0) is 37.4 Å². The zero-order valence-corrected chi connectivity index (χ0v) is 11.5. The van der Waals surface area contributed by atoms with Crippen LogP contribution in [0.5, 0.6) is 0 Å². The highest BCUT2D eigenvalue weighted by Crippen LogP contribution is 2.37. The molecule has 2 atom stereocenters. The van der Waals surface area contributed by atoms with Gasteiger partial charge in [-0.3, -0.25) is 4.68 Å². The van der Waals surface area contributed by atoms with Gasteiger partial charge >= 0.3 is 0 Å². The Morgan fingerprint density at radius 1 is 1.37 bits per heavy atom. The molecule has 4 nitrogen and oxygen atoms in total. The lowest BCUT2D eigenvalue weighted by molar-refractivity contribution is 0.394. The van der Waals surface area contributed by atoms with Crippen LogP contribution in [0.4, 0.5) is 0 Å². The first-order valence-corrected chi connectivity index (χ1v) is 6.95. The molecule has 3 rings (SSSR count). The van der Waals surface area contributed by atoms with E-state index in [1.165, 1.54) is 11.1 Å². The first-order valence-electron chi connectivity index (χ1n) is 6.95. The van der Waals surface area contributed by atoms with Crippen molar-refractivity contribution in [3.05, 3.63) is 47.5 Å². The molecule has 2 aromatic rings. The summed E-state index contributed by atoms with van der Waals surface area (Å²) >= 11 is 0. The maximum atomic E-state index is 4.41. The van der Waals surface area contributed by atoms with Crippen molar-refractivity contribution in [3.63, 3.8) is 0 Å². The Morgan fingerprint density at radius 3 is 3.00 bits per heavy atom. The number of rotatable bonds is 4. The molecular weight excluding hydrogens is 236 g/mol. The second-order valence-electron chi connectivity index (χ2n) is 5.13. The number of nitrogens with zero attached hydrogens (tertiary/aromatic N) is 3. The molecule has 19 heavy (non-hydrogen) atoms. The molecule has 2 unspecified atom stereocenters. The minimum Gasteiger partial charge on any atom is -0.313 e. The number of aryl methyl sites for hydroxylation is 1. The zero-order chi connectivity index (χ0) is 13.2. The average Bonchev–Trinajstić information content (AvgIpc) is 3.02. The number of benzene rings is 1. The maximum Gasteiger partial charge on any atom is 0.138 e. The fraction of sp³-hybridized carbons (Fsp3) is 0.467. The molecule has 1 heterocycles. The van der Waals surface area contributed by atoms with Crippen LogP contribution in [-0.2, 0) is 19.4 Å². The van der Waals surface area contributed by atoms with Crippen molar-refractivity contribution >= 4 is 0 Å². The minimum absolute atomic E-state index is 0.429. The molecule has 1 N–H and O–H groups in total. The summed E-state index contributed by atoms with van der Waals surface area (Å²) in [6.45, 7) is 3.00. The van der Waals surface area contributed by atoms with Crippen molar-refractivity contribution < 1.29 is 0 Å². The second-order valence-corrected chi connectivity index (χ2v) is 5.13. The van der Waals surface area contributed by atoms with Gasteiger partial charge in [0, 0.05) is 19.0 Å². The van der Waals surface area contributed by atoms with Gasteiger partial charge in [-0.1, -0.05) is 24.3 Å². The quantitative estimate of drug-likeness (QED) is 0.909. The number of nitrogens with one attached hydrogen (secondary N) is 1. The molecule has 0 saturated heterocycles. The summed E-state index contributed by atoms with van der Waals surface area (Å²) in [7, 11) is 2.05. The Morgan fingerprint density at radius 2 is 2.21 bits per heavy atom. The van der Waals surface area contributed by atoms with Crippen molar-refractivity contribution in [1.82, 2.24) is 20.1 Å². The lowest BCUT2D eigenvalue weighted by Crippen LogP contribution is -2.24. The van der Waals surface area contributed by atoms with Crippen molar-refractivity contribution in [2.24, 2.45) is 5.92 Å². The molecule has 0 amide bonds. The Bertz CT molecular complexity index is 561. The van der Waals surface area contributed by atoms with E-state index in [0.717, 1.165) is 25.2 Å². The maximum absolute atomic E-state index is 4.41. The first kappa shape index (κ1) is 12.4. The number of hydrogen-bond donors (Lipinski definition) is 1. The Balaban J connectivity index is 1.84.